The van der Waals surface area contributed by atoms with E-state index in [0.29, 0.717) is 54.5 Å². The van der Waals surface area contributed by atoms with Crippen molar-refractivity contribution in [3.05, 3.63) is 143 Å². The molecule has 3 aliphatic heterocycles. The summed E-state index contributed by atoms with van der Waals surface area (Å²) in [4.78, 5) is 49.9. The van der Waals surface area contributed by atoms with Crippen molar-refractivity contribution in [2.45, 2.75) is 89.0 Å². The molecule has 5 aromatic carbocycles. The highest BCUT2D eigenvalue weighted by atomic mass is 35.5. The molecule has 1 unspecified atom stereocenters. The second-order valence-electron chi connectivity index (χ2n) is 18.6. The molecule has 5 atom stereocenters. The van der Waals surface area contributed by atoms with Crippen LogP contribution >= 0.6 is 11.6 Å². The number of carbonyl (C=O) groups is 3. The number of methoxy groups -OCH3 is 1. The fourth-order valence-electron chi connectivity index (χ4n) is 10.9. The molecule has 5 aromatic rings. The molecule has 0 aliphatic carbocycles. The Kier molecular flexibility index (Phi) is 15.1. The first-order chi connectivity index (χ1) is 32.8. The van der Waals surface area contributed by atoms with Crippen molar-refractivity contribution < 1.29 is 38.8 Å². The van der Waals surface area contributed by atoms with Crippen LogP contribution in [0.2, 0.25) is 23.7 Å². The van der Waals surface area contributed by atoms with Crippen LogP contribution in [0.1, 0.15) is 55.4 Å². The lowest BCUT2D eigenvalue weighted by Crippen LogP contribution is -2.52. The van der Waals surface area contributed by atoms with E-state index in [2.05, 4.69) is 37.5 Å². The summed E-state index contributed by atoms with van der Waals surface area (Å²) >= 11 is 6.83. The van der Waals surface area contributed by atoms with Gasteiger partial charge in [-0.05, 0) is 116 Å². The Labute approximate surface area is 405 Å². The lowest BCUT2D eigenvalue weighted by Gasteiger charge is -2.37. The number of nitrogens with one attached hydrogen (secondary N) is 1. The van der Waals surface area contributed by atoms with E-state index in [-0.39, 0.29) is 56.0 Å². The van der Waals surface area contributed by atoms with Gasteiger partial charge in [-0.15, -0.1) is 0 Å². The fraction of sp³-hybridized carbons (Fsp3) is 0.389. The van der Waals surface area contributed by atoms with E-state index < -0.39 is 31.7 Å². The van der Waals surface area contributed by atoms with Crippen LogP contribution in [0.25, 0.3) is 0 Å². The number of halogens is 1. The Hall–Kier alpha value is -5.54. The van der Waals surface area contributed by atoms with Crippen LogP contribution in [0.5, 0.6) is 11.5 Å². The molecule has 3 heterocycles. The summed E-state index contributed by atoms with van der Waals surface area (Å²) in [6.45, 7) is 10.2. The van der Waals surface area contributed by atoms with Gasteiger partial charge >= 0.3 is 0 Å². The summed E-state index contributed by atoms with van der Waals surface area (Å²) in [5.74, 6) is 0.578. The van der Waals surface area contributed by atoms with Gasteiger partial charge in [0.25, 0.3) is 5.91 Å². The molecule has 0 saturated carbocycles. The first kappa shape index (κ1) is 48.9. The van der Waals surface area contributed by atoms with Crippen LogP contribution in [0.4, 0.5) is 17.1 Å². The van der Waals surface area contributed by atoms with Crippen LogP contribution in [-0.2, 0) is 44.2 Å². The number of fused-ring (bicyclic) bond motifs is 3. The summed E-state index contributed by atoms with van der Waals surface area (Å²) in [6, 6.07) is 36.4. The SMILES string of the molecule is CCOc1ccc2c(c1)CC(NCCCCO)C(=O)N2c1cccc(CN2C(=O)[C@@]3(O[C@@H](CC(=O)N(CCO)Cc4ccccc4)[C@H]([Si](C)(C)c4ccc(OC)cc4)[C@H]3C)c3cc(Cl)ccc32)c1. The van der Waals surface area contributed by atoms with Gasteiger partial charge in [0.15, 0.2) is 5.60 Å². The van der Waals surface area contributed by atoms with E-state index in [1.165, 1.54) is 0 Å². The number of unbranched alkanes of at least 4 members (excludes halogenated alkanes) is 1. The highest BCUT2D eigenvalue weighted by molar-refractivity contribution is 6.91. The number of anilines is 3. The van der Waals surface area contributed by atoms with E-state index in [1.54, 1.807) is 27.9 Å². The van der Waals surface area contributed by atoms with Crippen molar-refractivity contribution in [3.8, 4) is 11.5 Å². The zero-order chi connectivity index (χ0) is 48.2. The normalized spacial score (nSPS) is 21.0. The molecular weight excluding hydrogens is 896 g/mol. The number of aliphatic hydroxyl groups excluding tert-OH is 2. The van der Waals surface area contributed by atoms with Crippen molar-refractivity contribution in [1.82, 2.24) is 10.2 Å². The van der Waals surface area contributed by atoms with Crippen molar-refractivity contribution >= 4 is 59.6 Å². The number of benzene rings is 5. The van der Waals surface area contributed by atoms with Gasteiger partial charge in [-0.1, -0.05) is 91.4 Å². The number of hydrogen-bond donors (Lipinski definition) is 3. The van der Waals surface area contributed by atoms with Gasteiger partial charge in [-0.25, -0.2) is 0 Å². The molecule has 8 rings (SSSR count). The fourth-order valence-corrected chi connectivity index (χ4v) is 15.0. The maximum atomic E-state index is 15.7. The van der Waals surface area contributed by atoms with Gasteiger partial charge in [-0.2, -0.15) is 0 Å². The summed E-state index contributed by atoms with van der Waals surface area (Å²) in [7, 11) is -0.972. The Morgan fingerprint density at radius 2 is 1.63 bits per heavy atom. The van der Waals surface area contributed by atoms with Crippen LogP contribution < -0.4 is 29.8 Å². The minimum Gasteiger partial charge on any atom is -0.497 e. The molecule has 12 nitrogen and oxygen atoms in total. The van der Waals surface area contributed by atoms with Gasteiger partial charge < -0.3 is 39.5 Å². The second-order valence-corrected chi connectivity index (χ2v) is 23.8. The minimum absolute atomic E-state index is 0.0100. The molecule has 358 valence electrons. The predicted molar refractivity (Wildman–Crippen MR) is 269 cm³/mol. The third kappa shape index (κ3) is 9.57. The Bertz CT molecular complexity index is 2600. The molecule has 1 fully saturated rings. The van der Waals surface area contributed by atoms with Crippen LogP contribution in [0, 0.1) is 5.92 Å². The van der Waals surface area contributed by atoms with E-state index in [9.17, 15) is 19.8 Å². The molecule has 3 aliphatic rings. The molecule has 0 radical (unpaired) electrons. The second kappa shape index (κ2) is 21.0. The molecule has 14 heteroatoms. The Morgan fingerprint density at radius 1 is 0.897 bits per heavy atom. The first-order valence-corrected chi connectivity index (χ1v) is 27.2. The molecule has 3 N–H and O–H groups in total. The van der Waals surface area contributed by atoms with Crippen molar-refractivity contribution in [1.29, 1.82) is 0 Å². The van der Waals surface area contributed by atoms with Gasteiger partial charge in [0, 0.05) is 41.9 Å². The number of aliphatic hydroxyl groups is 2. The maximum Gasteiger partial charge on any atom is 0.264 e. The standard InChI is InChI=1S/C54H63ClN4O8Si/c1-6-66-43-20-24-47-39(30-43)31-46(56-25-10-11-27-60)52(63)59(47)41-16-12-15-38(29-41)35-58-48-23-17-40(55)32-45(48)54(53(58)64)36(2)51(68(4,5)44-21-18-42(65-3)19-22-44)49(67-54)33-50(62)57(26-28-61)34-37-13-8-7-9-14-37/h7-9,12-24,29-30,32,36,46,49,51,56,60-61H,6,10-11,25-28,31,33-35H2,1-5H3/t36-,46?,49+,51-,54+/m1/s1. The highest BCUT2D eigenvalue weighted by Gasteiger charge is 2.66. The molecule has 1 saturated heterocycles. The van der Waals surface area contributed by atoms with E-state index in [4.69, 9.17) is 25.8 Å². The molecular formula is C54H63ClN4O8Si. The third-order valence-corrected chi connectivity index (χ3v) is 18.7. The average molecular weight is 960 g/mol. The molecule has 0 bridgehead atoms. The number of amides is 3. The van der Waals surface area contributed by atoms with Crippen LogP contribution in [0.15, 0.2) is 115 Å². The number of nitrogens with zero attached hydrogens (tertiary/aromatic N) is 3. The van der Waals surface area contributed by atoms with Gasteiger partial charge in [0.1, 0.15) is 11.5 Å². The molecule has 68 heavy (non-hydrogen) atoms. The summed E-state index contributed by atoms with van der Waals surface area (Å²) < 4.78 is 18.7. The summed E-state index contributed by atoms with van der Waals surface area (Å²) in [6.07, 6.45) is 1.22. The Balaban J connectivity index is 1.15. The average Bonchev–Trinajstić information content (AvgIpc) is 3.76. The lowest BCUT2D eigenvalue weighted by atomic mass is 9.82. The number of carbonyl (C=O) groups excluding carboxylic acids is 3. The van der Waals surface area contributed by atoms with E-state index in [0.717, 1.165) is 45.5 Å². The topological polar surface area (TPSA) is 141 Å². The maximum absolute atomic E-state index is 15.7. The molecule has 3 amide bonds. The van der Waals surface area contributed by atoms with Gasteiger partial charge in [0.05, 0.1) is 64.9 Å². The van der Waals surface area contributed by atoms with Gasteiger partial charge in [-0.3, -0.25) is 19.3 Å². The van der Waals surface area contributed by atoms with E-state index in [1.807, 2.05) is 104 Å². The third-order valence-electron chi connectivity index (χ3n) is 14.1. The number of hydrogen-bond acceptors (Lipinski definition) is 9. The van der Waals surface area contributed by atoms with Gasteiger partial charge in [0.2, 0.25) is 11.8 Å². The largest absolute Gasteiger partial charge is 0.497 e. The van der Waals surface area contributed by atoms with Crippen molar-refractivity contribution in [3.63, 3.8) is 0 Å². The zero-order valence-corrected chi connectivity index (χ0v) is 41.4. The number of ether oxygens (including phenoxy) is 3. The summed E-state index contributed by atoms with van der Waals surface area (Å²) in [5, 5.41) is 24.6. The van der Waals surface area contributed by atoms with Crippen LogP contribution in [-0.4, -0.2) is 93.1 Å². The minimum atomic E-state index is -2.61. The van der Waals surface area contributed by atoms with Crippen LogP contribution in [0.3, 0.4) is 0 Å². The monoisotopic (exact) mass is 958 g/mol. The van der Waals surface area contributed by atoms with Crippen molar-refractivity contribution in [2.24, 2.45) is 5.92 Å². The molecule has 0 aromatic heterocycles. The van der Waals surface area contributed by atoms with Crippen molar-refractivity contribution in [2.75, 3.05) is 49.8 Å². The zero-order valence-electron chi connectivity index (χ0n) is 39.6. The lowest BCUT2D eigenvalue weighted by molar-refractivity contribution is -0.150. The van der Waals surface area contributed by atoms with E-state index >= 15 is 4.79 Å². The molecule has 1 spiro atoms. The predicted octanol–water partition coefficient (Wildman–Crippen LogP) is 7.87. The quantitative estimate of drug-likeness (QED) is 0.0557. The highest BCUT2D eigenvalue weighted by Crippen LogP contribution is 2.60. The number of rotatable bonds is 19. The Morgan fingerprint density at radius 3 is 2.35 bits per heavy atom. The smallest absolute Gasteiger partial charge is 0.264 e. The first-order valence-electron chi connectivity index (χ1n) is 23.7. The summed E-state index contributed by atoms with van der Waals surface area (Å²) in [5.41, 5.74) is 3.79.